The summed E-state index contributed by atoms with van der Waals surface area (Å²) in [7, 11) is 0. The minimum absolute atomic E-state index is 0.0308. The first kappa shape index (κ1) is 21.9. The topological polar surface area (TPSA) is 103 Å². The second-order valence-corrected chi connectivity index (χ2v) is 7.99. The predicted molar refractivity (Wildman–Crippen MR) is 120 cm³/mol. The molecule has 0 bridgehead atoms. The number of carbonyl (C=O) groups excluding carboxylic acids is 2. The fourth-order valence-corrected chi connectivity index (χ4v) is 4.21. The summed E-state index contributed by atoms with van der Waals surface area (Å²) in [5.41, 5.74) is 8.17. The molecule has 0 aliphatic heterocycles. The highest BCUT2D eigenvalue weighted by Gasteiger charge is 2.25. The van der Waals surface area contributed by atoms with E-state index in [0.29, 0.717) is 33.6 Å². The zero-order chi connectivity index (χ0) is 21.7. The number of amides is 1. The van der Waals surface area contributed by atoms with Crippen LogP contribution in [0.5, 0.6) is 0 Å². The lowest BCUT2D eigenvalue weighted by molar-refractivity contribution is -0.119. The molecule has 0 spiro atoms. The van der Waals surface area contributed by atoms with E-state index in [9.17, 15) is 9.59 Å². The minimum Gasteiger partial charge on any atom is -0.368 e. The van der Waals surface area contributed by atoms with E-state index in [2.05, 4.69) is 15.5 Å². The SMILES string of the molecule is CCC(C(=O)Nc1ccc(C(C)=O)cc1)n1c(N)nnc1SCc1ccccc1Cl. The monoisotopic (exact) mass is 443 g/mol. The summed E-state index contributed by atoms with van der Waals surface area (Å²) < 4.78 is 1.64. The molecule has 0 saturated heterocycles. The number of hydrogen-bond donors (Lipinski definition) is 2. The van der Waals surface area contributed by atoms with Crippen molar-refractivity contribution >= 4 is 46.7 Å². The van der Waals surface area contributed by atoms with Crippen LogP contribution in [-0.2, 0) is 10.5 Å². The number of nitrogens with one attached hydrogen (secondary N) is 1. The highest BCUT2D eigenvalue weighted by molar-refractivity contribution is 7.98. The lowest BCUT2D eigenvalue weighted by atomic mass is 10.1. The van der Waals surface area contributed by atoms with E-state index < -0.39 is 6.04 Å². The van der Waals surface area contributed by atoms with Gasteiger partial charge in [0.15, 0.2) is 10.9 Å². The van der Waals surface area contributed by atoms with E-state index in [1.54, 1.807) is 28.8 Å². The fourth-order valence-electron chi connectivity index (χ4n) is 2.94. The largest absolute Gasteiger partial charge is 0.368 e. The molecule has 9 heteroatoms. The molecular weight excluding hydrogens is 422 g/mol. The Kier molecular flexibility index (Phi) is 7.12. The Morgan fingerprint density at radius 1 is 1.17 bits per heavy atom. The predicted octanol–water partition coefficient (Wildman–Crippen LogP) is 4.60. The van der Waals surface area contributed by atoms with Crippen LogP contribution in [0.15, 0.2) is 53.7 Å². The summed E-state index contributed by atoms with van der Waals surface area (Å²) in [4.78, 5) is 24.4. The zero-order valence-electron chi connectivity index (χ0n) is 16.6. The van der Waals surface area contributed by atoms with E-state index in [0.717, 1.165) is 5.56 Å². The van der Waals surface area contributed by atoms with Crippen LogP contribution in [0.1, 0.15) is 42.2 Å². The number of aromatic nitrogens is 3. The van der Waals surface area contributed by atoms with Crippen molar-refractivity contribution in [3.8, 4) is 0 Å². The van der Waals surface area contributed by atoms with E-state index in [1.165, 1.54) is 18.7 Å². The van der Waals surface area contributed by atoms with Gasteiger partial charge in [0.25, 0.3) is 0 Å². The molecule has 7 nitrogen and oxygen atoms in total. The molecule has 0 radical (unpaired) electrons. The number of anilines is 2. The molecule has 1 atom stereocenters. The standard InChI is InChI=1S/C21H22ClN5O2S/c1-3-18(19(29)24-16-10-8-14(9-11-16)13(2)28)27-20(23)25-26-21(27)30-12-15-6-4-5-7-17(15)22/h4-11,18H,3,12H2,1-2H3,(H2,23,25)(H,24,29). The zero-order valence-corrected chi connectivity index (χ0v) is 18.2. The molecule has 2 aromatic carbocycles. The third-order valence-electron chi connectivity index (χ3n) is 4.57. The molecular formula is C21H22ClN5O2S. The number of nitrogens with two attached hydrogens (primary N) is 1. The Hall–Kier alpha value is -2.84. The van der Waals surface area contributed by atoms with Crippen LogP contribution < -0.4 is 11.1 Å². The van der Waals surface area contributed by atoms with Crippen molar-refractivity contribution in [1.82, 2.24) is 14.8 Å². The van der Waals surface area contributed by atoms with Crippen LogP contribution >= 0.6 is 23.4 Å². The highest BCUT2D eigenvalue weighted by atomic mass is 35.5. The normalized spacial score (nSPS) is 11.8. The lowest BCUT2D eigenvalue weighted by Crippen LogP contribution is -2.27. The van der Waals surface area contributed by atoms with Crippen LogP contribution in [0, 0.1) is 0 Å². The summed E-state index contributed by atoms with van der Waals surface area (Å²) in [6.07, 6.45) is 0.499. The van der Waals surface area contributed by atoms with Gasteiger partial charge in [0, 0.05) is 22.0 Å². The number of hydrogen-bond acceptors (Lipinski definition) is 6. The van der Waals surface area contributed by atoms with Crippen molar-refractivity contribution in [2.45, 2.75) is 37.2 Å². The third kappa shape index (κ3) is 5.01. The van der Waals surface area contributed by atoms with E-state index in [1.807, 2.05) is 31.2 Å². The molecule has 156 valence electrons. The van der Waals surface area contributed by atoms with Crippen LogP contribution in [-0.4, -0.2) is 26.5 Å². The number of Topliss-reactive ketones (excluding diaryl/α,β-unsaturated/α-hetero) is 1. The van der Waals surface area contributed by atoms with Crippen molar-refractivity contribution in [3.05, 3.63) is 64.7 Å². The number of carbonyl (C=O) groups is 2. The van der Waals surface area contributed by atoms with Crippen LogP contribution in [0.2, 0.25) is 5.02 Å². The molecule has 30 heavy (non-hydrogen) atoms. The lowest BCUT2D eigenvalue weighted by Gasteiger charge is -2.19. The molecule has 3 rings (SSSR count). The average molecular weight is 444 g/mol. The molecule has 0 fully saturated rings. The second-order valence-electron chi connectivity index (χ2n) is 6.64. The fraction of sp³-hybridized carbons (Fsp3) is 0.238. The van der Waals surface area contributed by atoms with Gasteiger partial charge in [-0.3, -0.25) is 14.2 Å². The van der Waals surface area contributed by atoms with E-state index >= 15 is 0 Å². The van der Waals surface area contributed by atoms with Crippen LogP contribution in [0.3, 0.4) is 0 Å². The van der Waals surface area contributed by atoms with Gasteiger partial charge in [0.2, 0.25) is 11.9 Å². The van der Waals surface area contributed by atoms with Gasteiger partial charge in [0.05, 0.1) is 0 Å². The summed E-state index contributed by atoms with van der Waals surface area (Å²) in [5, 5.41) is 12.2. The average Bonchev–Trinajstić information content (AvgIpc) is 3.09. The molecule has 1 heterocycles. The smallest absolute Gasteiger partial charge is 0.247 e. The summed E-state index contributed by atoms with van der Waals surface area (Å²) in [6.45, 7) is 3.39. The van der Waals surface area contributed by atoms with Gasteiger partial charge in [-0.25, -0.2) is 0 Å². The molecule has 0 aliphatic carbocycles. The second kappa shape index (κ2) is 9.77. The highest BCUT2D eigenvalue weighted by Crippen LogP contribution is 2.30. The molecule has 1 amide bonds. The van der Waals surface area contributed by atoms with Crippen LogP contribution in [0.25, 0.3) is 0 Å². The van der Waals surface area contributed by atoms with Gasteiger partial charge in [-0.05, 0) is 49.2 Å². The Labute approximate surface area is 184 Å². The Morgan fingerprint density at radius 3 is 2.50 bits per heavy atom. The van der Waals surface area contributed by atoms with Gasteiger partial charge in [-0.15, -0.1) is 10.2 Å². The first-order valence-corrected chi connectivity index (χ1v) is 10.8. The summed E-state index contributed by atoms with van der Waals surface area (Å²) in [5.74, 6) is 0.476. The van der Waals surface area contributed by atoms with E-state index in [4.69, 9.17) is 17.3 Å². The van der Waals surface area contributed by atoms with Gasteiger partial charge >= 0.3 is 0 Å². The number of thioether (sulfide) groups is 1. The Balaban J connectivity index is 1.77. The van der Waals surface area contributed by atoms with Gasteiger partial charge in [0.1, 0.15) is 6.04 Å². The number of benzene rings is 2. The maximum atomic E-state index is 13.0. The Morgan fingerprint density at radius 2 is 1.87 bits per heavy atom. The molecule has 3 aromatic rings. The first-order valence-electron chi connectivity index (χ1n) is 9.39. The van der Waals surface area contributed by atoms with Crippen molar-refractivity contribution in [1.29, 1.82) is 0 Å². The molecule has 3 N–H and O–H groups in total. The number of halogens is 1. The molecule has 1 unspecified atom stereocenters. The minimum atomic E-state index is -0.582. The van der Waals surface area contributed by atoms with Crippen molar-refractivity contribution < 1.29 is 9.59 Å². The molecule has 1 aromatic heterocycles. The maximum Gasteiger partial charge on any atom is 0.247 e. The maximum absolute atomic E-state index is 13.0. The number of rotatable bonds is 8. The number of ketones is 1. The first-order chi connectivity index (χ1) is 14.4. The number of nitrogen functional groups attached to an aromatic ring is 1. The third-order valence-corrected chi connectivity index (χ3v) is 5.93. The van der Waals surface area contributed by atoms with Crippen molar-refractivity contribution in [2.75, 3.05) is 11.1 Å². The van der Waals surface area contributed by atoms with Gasteiger partial charge < -0.3 is 11.1 Å². The van der Waals surface area contributed by atoms with Crippen LogP contribution in [0.4, 0.5) is 11.6 Å². The Bertz CT molecular complexity index is 1050. The summed E-state index contributed by atoms with van der Waals surface area (Å²) in [6, 6.07) is 13.7. The van der Waals surface area contributed by atoms with E-state index in [-0.39, 0.29) is 17.6 Å². The number of nitrogens with zero attached hydrogens (tertiary/aromatic N) is 3. The summed E-state index contributed by atoms with van der Waals surface area (Å²) >= 11 is 7.65. The van der Waals surface area contributed by atoms with Crippen molar-refractivity contribution in [3.63, 3.8) is 0 Å². The quantitative estimate of drug-likeness (QED) is 0.389. The molecule has 0 aliphatic rings. The van der Waals surface area contributed by atoms with Crippen molar-refractivity contribution in [2.24, 2.45) is 0 Å². The van der Waals surface area contributed by atoms with Gasteiger partial charge in [-0.2, -0.15) is 0 Å². The van der Waals surface area contributed by atoms with Gasteiger partial charge in [-0.1, -0.05) is 48.5 Å². The molecule has 0 saturated carbocycles.